The van der Waals surface area contributed by atoms with Gasteiger partial charge in [-0.2, -0.15) is 5.10 Å². The Labute approximate surface area is 199 Å². The molecule has 10 heteroatoms. The highest BCUT2D eigenvalue weighted by molar-refractivity contribution is 7.22. The average molecular weight is 491 g/mol. The van der Waals surface area contributed by atoms with Gasteiger partial charge in [0.15, 0.2) is 11.7 Å². The number of amides is 1. The van der Waals surface area contributed by atoms with Gasteiger partial charge in [0.05, 0.1) is 22.9 Å². The molecule has 1 amide bonds. The van der Waals surface area contributed by atoms with E-state index < -0.39 is 0 Å². The number of nitrogens with zero attached hydrogens (tertiary/aromatic N) is 4. The van der Waals surface area contributed by atoms with E-state index in [4.69, 9.17) is 37.7 Å². The Balaban J connectivity index is 1.58. The highest BCUT2D eigenvalue weighted by atomic mass is 35.5. The van der Waals surface area contributed by atoms with E-state index in [1.807, 2.05) is 37.4 Å². The summed E-state index contributed by atoms with van der Waals surface area (Å²) >= 11 is 13.5. The number of aromatic nitrogens is 3. The Kier molecular flexibility index (Phi) is 7.14. The monoisotopic (exact) mass is 490 g/mol. The predicted molar refractivity (Wildman–Crippen MR) is 127 cm³/mol. The number of carbonyl (C=O) groups is 1. The van der Waals surface area contributed by atoms with Gasteiger partial charge in [-0.3, -0.25) is 14.4 Å². The number of thiazole rings is 1. The summed E-state index contributed by atoms with van der Waals surface area (Å²) < 4.78 is 14.1. The van der Waals surface area contributed by atoms with Crippen molar-refractivity contribution < 1.29 is 14.3 Å². The van der Waals surface area contributed by atoms with Gasteiger partial charge >= 0.3 is 0 Å². The summed E-state index contributed by atoms with van der Waals surface area (Å²) in [6.07, 6.45) is 3.54. The highest BCUT2D eigenvalue weighted by Crippen LogP contribution is 2.34. The molecule has 0 spiro atoms. The van der Waals surface area contributed by atoms with Crippen LogP contribution in [0.2, 0.25) is 10.0 Å². The standard InChI is InChI=1S/C22H20Cl2N4O3S/c1-2-30-18-5-3-6-19-21(18)26-22(32-19)28(12-11-27-10-4-9-25-27)20(29)14-31-17-8-7-15(23)13-16(17)24/h3-10,13H,2,11-12,14H2,1H3. The van der Waals surface area contributed by atoms with E-state index in [9.17, 15) is 4.79 Å². The first kappa shape index (κ1) is 22.4. The SMILES string of the molecule is CCOc1cccc2sc(N(CCn3cccn3)C(=O)COc3ccc(Cl)cc3Cl)nc12. The zero-order valence-corrected chi connectivity index (χ0v) is 19.5. The zero-order chi connectivity index (χ0) is 22.5. The summed E-state index contributed by atoms with van der Waals surface area (Å²) in [5.41, 5.74) is 0.730. The summed E-state index contributed by atoms with van der Waals surface area (Å²) in [7, 11) is 0. The third-order valence-electron chi connectivity index (χ3n) is 4.56. The third-order valence-corrected chi connectivity index (χ3v) is 6.13. The Hall–Kier alpha value is -2.81. The molecule has 0 aliphatic heterocycles. The molecular weight excluding hydrogens is 471 g/mol. The molecule has 0 fully saturated rings. The number of fused-ring (bicyclic) bond motifs is 1. The van der Waals surface area contributed by atoms with Crippen LogP contribution in [0.5, 0.6) is 11.5 Å². The van der Waals surface area contributed by atoms with Crippen molar-refractivity contribution in [1.29, 1.82) is 0 Å². The molecule has 0 bridgehead atoms. The number of carbonyl (C=O) groups excluding carboxylic acids is 1. The van der Waals surface area contributed by atoms with Crippen molar-refractivity contribution in [2.45, 2.75) is 13.5 Å². The van der Waals surface area contributed by atoms with Crippen molar-refractivity contribution in [3.05, 3.63) is 64.9 Å². The van der Waals surface area contributed by atoms with Crippen LogP contribution in [0.25, 0.3) is 10.2 Å². The zero-order valence-electron chi connectivity index (χ0n) is 17.2. The number of halogens is 2. The number of benzene rings is 2. The fraction of sp³-hybridized carbons (Fsp3) is 0.227. The molecule has 0 unspecified atom stereocenters. The third kappa shape index (κ3) is 5.15. The largest absolute Gasteiger partial charge is 0.492 e. The lowest BCUT2D eigenvalue weighted by atomic mass is 10.3. The maximum atomic E-state index is 13.2. The lowest BCUT2D eigenvalue weighted by molar-refractivity contribution is -0.120. The number of rotatable bonds is 9. The van der Waals surface area contributed by atoms with Crippen LogP contribution in [0.3, 0.4) is 0 Å². The molecule has 0 saturated heterocycles. The van der Waals surface area contributed by atoms with Gasteiger partial charge in [0, 0.05) is 24.0 Å². The van der Waals surface area contributed by atoms with Crippen molar-refractivity contribution in [2.75, 3.05) is 24.7 Å². The van der Waals surface area contributed by atoms with Gasteiger partial charge < -0.3 is 9.47 Å². The van der Waals surface area contributed by atoms with Gasteiger partial charge in [0.25, 0.3) is 5.91 Å². The van der Waals surface area contributed by atoms with Crippen LogP contribution in [0.4, 0.5) is 5.13 Å². The highest BCUT2D eigenvalue weighted by Gasteiger charge is 2.22. The summed E-state index contributed by atoms with van der Waals surface area (Å²) in [6.45, 7) is 3.14. The summed E-state index contributed by atoms with van der Waals surface area (Å²) in [5, 5.41) is 5.62. The maximum Gasteiger partial charge on any atom is 0.266 e. The minimum Gasteiger partial charge on any atom is -0.492 e. The molecule has 2 heterocycles. The molecule has 0 radical (unpaired) electrons. The van der Waals surface area contributed by atoms with Crippen molar-refractivity contribution >= 4 is 55.8 Å². The molecule has 32 heavy (non-hydrogen) atoms. The molecule has 4 aromatic rings. The molecular formula is C22H20Cl2N4O3S. The molecule has 4 rings (SSSR count). The Bertz CT molecular complexity index is 1210. The van der Waals surface area contributed by atoms with Gasteiger partial charge in [-0.1, -0.05) is 40.6 Å². The van der Waals surface area contributed by atoms with E-state index in [-0.39, 0.29) is 12.5 Å². The van der Waals surface area contributed by atoms with Crippen molar-refractivity contribution in [1.82, 2.24) is 14.8 Å². The number of ether oxygens (including phenoxy) is 2. The molecule has 0 atom stereocenters. The van der Waals surface area contributed by atoms with E-state index in [2.05, 4.69) is 5.10 Å². The molecule has 0 aliphatic carbocycles. The van der Waals surface area contributed by atoms with Gasteiger partial charge in [-0.15, -0.1) is 0 Å². The van der Waals surface area contributed by atoms with Crippen molar-refractivity contribution in [2.24, 2.45) is 0 Å². The molecule has 2 aromatic carbocycles. The molecule has 0 aliphatic rings. The Morgan fingerprint density at radius 1 is 1.16 bits per heavy atom. The fourth-order valence-corrected chi connectivity index (χ4v) is 4.56. The molecule has 166 valence electrons. The Morgan fingerprint density at radius 3 is 2.78 bits per heavy atom. The van der Waals surface area contributed by atoms with E-state index in [1.54, 1.807) is 34.0 Å². The van der Waals surface area contributed by atoms with Crippen LogP contribution in [-0.2, 0) is 11.3 Å². The predicted octanol–water partition coefficient (Wildman–Crippen LogP) is 5.31. The first-order chi connectivity index (χ1) is 15.5. The van der Waals surface area contributed by atoms with Crippen LogP contribution in [0.1, 0.15) is 6.92 Å². The smallest absolute Gasteiger partial charge is 0.266 e. The molecule has 7 nitrogen and oxygen atoms in total. The quantitative estimate of drug-likeness (QED) is 0.318. The number of para-hydroxylation sites is 1. The molecule has 0 saturated carbocycles. The molecule has 2 aromatic heterocycles. The van der Waals surface area contributed by atoms with E-state index in [0.717, 1.165) is 10.2 Å². The van der Waals surface area contributed by atoms with E-state index >= 15 is 0 Å². The first-order valence-corrected chi connectivity index (χ1v) is 11.5. The first-order valence-electron chi connectivity index (χ1n) is 9.93. The second-order valence-corrected chi connectivity index (χ2v) is 8.56. The maximum absolute atomic E-state index is 13.2. The normalized spacial score (nSPS) is 11.0. The lowest BCUT2D eigenvalue weighted by Crippen LogP contribution is -2.37. The Morgan fingerprint density at radius 2 is 2.03 bits per heavy atom. The van der Waals surface area contributed by atoms with E-state index in [0.29, 0.717) is 46.4 Å². The summed E-state index contributed by atoms with van der Waals surface area (Å²) in [6, 6.07) is 12.4. The van der Waals surface area contributed by atoms with Crippen molar-refractivity contribution in [3.8, 4) is 11.5 Å². The van der Waals surface area contributed by atoms with Crippen LogP contribution in [0.15, 0.2) is 54.9 Å². The number of hydrogen-bond acceptors (Lipinski definition) is 6. The minimum absolute atomic E-state index is 0.200. The van der Waals surface area contributed by atoms with Crippen molar-refractivity contribution in [3.63, 3.8) is 0 Å². The minimum atomic E-state index is -0.250. The van der Waals surface area contributed by atoms with Crippen LogP contribution >= 0.6 is 34.5 Å². The van der Waals surface area contributed by atoms with Crippen LogP contribution in [-0.4, -0.2) is 40.4 Å². The summed E-state index contributed by atoms with van der Waals surface area (Å²) in [5.74, 6) is 0.829. The fourth-order valence-electron chi connectivity index (χ4n) is 3.07. The van der Waals surface area contributed by atoms with Crippen LogP contribution in [0, 0.1) is 0 Å². The van der Waals surface area contributed by atoms with E-state index in [1.165, 1.54) is 11.3 Å². The second-order valence-electron chi connectivity index (χ2n) is 6.71. The van der Waals surface area contributed by atoms with Crippen LogP contribution < -0.4 is 14.4 Å². The van der Waals surface area contributed by atoms with Gasteiger partial charge in [-0.05, 0) is 43.3 Å². The number of hydrogen-bond donors (Lipinski definition) is 0. The molecule has 0 N–H and O–H groups in total. The van der Waals surface area contributed by atoms with Gasteiger partial charge in [0.1, 0.15) is 17.0 Å². The average Bonchev–Trinajstić information content (AvgIpc) is 3.44. The second kappa shape index (κ2) is 10.2. The number of anilines is 1. The lowest BCUT2D eigenvalue weighted by Gasteiger charge is -2.20. The summed E-state index contributed by atoms with van der Waals surface area (Å²) in [4.78, 5) is 19.5. The van der Waals surface area contributed by atoms with Gasteiger partial charge in [0.2, 0.25) is 0 Å². The topological polar surface area (TPSA) is 69.5 Å². The van der Waals surface area contributed by atoms with Gasteiger partial charge in [-0.25, -0.2) is 4.98 Å².